The molecule has 0 unspecified atom stereocenters. The van der Waals surface area contributed by atoms with Crippen molar-refractivity contribution >= 4 is 17.6 Å². The Morgan fingerprint density at radius 3 is 2.78 bits per heavy atom. The molecule has 0 amide bonds. The number of aromatic nitrogens is 2. The summed E-state index contributed by atoms with van der Waals surface area (Å²) in [6.45, 7) is 2.84. The number of esters is 1. The highest BCUT2D eigenvalue weighted by atomic mass is 35.5. The van der Waals surface area contributed by atoms with Crippen LogP contribution in [0.5, 0.6) is 0 Å². The maximum Gasteiger partial charge on any atom is 0.305 e. The molecule has 1 aromatic carbocycles. The van der Waals surface area contributed by atoms with Gasteiger partial charge in [0.2, 0.25) is 0 Å². The molecule has 0 saturated heterocycles. The van der Waals surface area contributed by atoms with Crippen molar-refractivity contribution in [2.24, 2.45) is 0 Å². The van der Waals surface area contributed by atoms with Crippen molar-refractivity contribution in [3.63, 3.8) is 0 Å². The lowest BCUT2D eigenvalue weighted by Gasteiger charge is -2.13. The van der Waals surface area contributed by atoms with E-state index in [0.29, 0.717) is 19.4 Å². The van der Waals surface area contributed by atoms with Gasteiger partial charge in [0.1, 0.15) is 5.82 Å². The Kier molecular flexibility index (Phi) is 6.66. The van der Waals surface area contributed by atoms with E-state index in [4.69, 9.17) is 16.3 Å². The Hall–Kier alpha value is -1.81. The normalized spacial score (nSPS) is 10.7. The van der Waals surface area contributed by atoms with Crippen LogP contribution in [0.25, 0.3) is 0 Å². The molecule has 1 heterocycles. The largest absolute Gasteiger partial charge is 0.469 e. The second-order valence-electron chi connectivity index (χ2n) is 5.52. The van der Waals surface area contributed by atoms with Crippen molar-refractivity contribution in [2.45, 2.75) is 45.6 Å². The van der Waals surface area contributed by atoms with Gasteiger partial charge in [0.15, 0.2) is 0 Å². The minimum absolute atomic E-state index is 0.203. The number of methoxy groups -OCH3 is 1. The van der Waals surface area contributed by atoms with Gasteiger partial charge in [0.25, 0.3) is 0 Å². The monoisotopic (exact) mass is 334 g/mol. The van der Waals surface area contributed by atoms with Gasteiger partial charge in [-0.15, -0.1) is 0 Å². The van der Waals surface area contributed by atoms with Crippen LogP contribution >= 0.6 is 11.6 Å². The fourth-order valence-electron chi connectivity index (χ4n) is 2.51. The Morgan fingerprint density at radius 1 is 1.30 bits per heavy atom. The van der Waals surface area contributed by atoms with Gasteiger partial charge in [-0.2, -0.15) is 0 Å². The number of hydrogen-bond donors (Lipinski definition) is 0. The van der Waals surface area contributed by atoms with Crippen LogP contribution in [0.3, 0.4) is 0 Å². The summed E-state index contributed by atoms with van der Waals surface area (Å²) < 4.78 is 6.91. The summed E-state index contributed by atoms with van der Waals surface area (Å²) >= 11 is 6.29. The van der Waals surface area contributed by atoms with Gasteiger partial charge in [-0.05, 0) is 24.5 Å². The first kappa shape index (κ1) is 17.5. The second-order valence-corrected chi connectivity index (χ2v) is 5.93. The summed E-state index contributed by atoms with van der Waals surface area (Å²) in [6.07, 6.45) is 5.99. The highest BCUT2D eigenvalue weighted by molar-refractivity contribution is 6.31. The van der Waals surface area contributed by atoms with E-state index in [9.17, 15) is 4.79 Å². The predicted molar refractivity (Wildman–Crippen MR) is 91.7 cm³/mol. The molecule has 0 aliphatic carbocycles. The van der Waals surface area contributed by atoms with Gasteiger partial charge in [-0.3, -0.25) is 4.79 Å². The Labute approximate surface area is 142 Å². The summed E-state index contributed by atoms with van der Waals surface area (Å²) in [7, 11) is 1.41. The van der Waals surface area contributed by atoms with Gasteiger partial charge in [0.05, 0.1) is 20.1 Å². The summed E-state index contributed by atoms with van der Waals surface area (Å²) in [5, 5.41) is 0.751. The molecule has 0 N–H and O–H groups in total. The molecule has 124 valence electrons. The highest BCUT2D eigenvalue weighted by Crippen LogP contribution is 2.20. The maximum atomic E-state index is 11.4. The van der Waals surface area contributed by atoms with Crippen molar-refractivity contribution in [3.8, 4) is 0 Å². The molecule has 0 aliphatic heterocycles. The van der Waals surface area contributed by atoms with E-state index in [1.165, 1.54) is 7.11 Å². The highest BCUT2D eigenvalue weighted by Gasteiger charge is 2.13. The summed E-state index contributed by atoms with van der Waals surface area (Å²) in [5.41, 5.74) is 2.10. The lowest BCUT2D eigenvalue weighted by atomic mass is 10.2. The third kappa shape index (κ3) is 4.83. The third-order valence-electron chi connectivity index (χ3n) is 3.87. The number of ether oxygens (including phenoxy) is 1. The first-order chi connectivity index (χ1) is 11.2. The number of imidazole rings is 1. The molecule has 2 aromatic rings. The first-order valence-electron chi connectivity index (χ1n) is 7.99. The van der Waals surface area contributed by atoms with Crippen molar-refractivity contribution in [1.82, 2.24) is 9.55 Å². The van der Waals surface area contributed by atoms with Crippen molar-refractivity contribution in [1.29, 1.82) is 0 Å². The quantitative estimate of drug-likeness (QED) is 0.684. The number of nitrogens with zero attached hydrogens (tertiary/aromatic N) is 2. The molecule has 0 fully saturated rings. The molecule has 0 aliphatic rings. The molecule has 0 saturated carbocycles. The molecule has 0 atom stereocenters. The molecule has 2 rings (SSSR count). The SMILES string of the molecule is CCCCc1ncc(CCC(=O)OC)n1Cc1ccccc1Cl. The predicted octanol–water partition coefficient (Wildman–Crippen LogP) is 4.03. The van der Waals surface area contributed by atoms with Gasteiger partial charge in [-0.1, -0.05) is 43.1 Å². The number of halogens is 1. The number of carbonyl (C=O) groups is 1. The molecular weight excluding hydrogens is 312 g/mol. The molecule has 0 bridgehead atoms. The fraction of sp³-hybridized carbons (Fsp3) is 0.444. The van der Waals surface area contributed by atoms with E-state index < -0.39 is 0 Å². The number of hydrogen-bond acceptors (Lipinski definition) is 3. The average molecular weight is 335 g/mol. The van der Waals surface area contributed by atoms with E-state index in [0.717, 1.165) is 41.4 Å². The lowest BCUT2D eigenvalue weighted by Crippen LogP contribution is -2.11. The van der Waals surface area contributed by atoms with Crippen molar-refractivity contribution in [3.05, 3.63) is 52.6 Å². The van der Waals surface area contributed by atoms with Crippen LogP contribution in [0.4, 0.5) is 0 Å². The van der Waals surface area contributed by atoms with Crippen LogP contribution in [-0.4, -0.2) is 22.6 Å². The van der Waals surface area contributed by atoms with Crippen molar-refractivity contribution < 1.29 is 9.53 Å². The minimum atomic E-state index is -0.203. The average Bonchev–Trinajstić information content (AvgIpc) is 2.94. The zero-order chi connectivity index (χ0) is 16.7. The third-order valence-corrected chi connectivity index (χ3v) is 4.24. The molecule has 1 aromatic heterocycles. The van der Waals surface area contributed by atoms with Crippen LogP contribution in [0.1, 0.15) is 43.3 Å². The Morgan fingerprint density at radius 2 is 2.09 bits per heavy atom. The van der Waals surface area contributed by atoms with Crippen LogP contribution in [0, 0.1) is 0 Å². The van der Waals surface area contributed by atoms with E-state index in [2.05, 4.69) is 16.5 Å². The molecule has 0 radical (unpaired) electrons. The van der Waals surface area contributed by atoms with Crippen molar-refractivity contribution in [2.75, 3.05) is 7.11 Å². The molecule has 23 heavy (non-hydrogen) atoms. The summed E-state index contributed by atoms with van der Waals surface area (Å²) in [5.74, 6) is 0.845. The van der Waals surface area contributed by atoms with Crippen LogP contribution in [0.15, 0.2) is 30.5 Å². The number of aryl methyl sites for hydroxylation is 2. The van der Waals surface area contributed by atoms with E-state index in [1.54, 1.807) is 0 Å². The summed E-state index contributed by atoms with van der Waals surface area (Å²) in [6, 6.07) is 7.83. The van der Waals surface area contributed by atoms with Gasteiger partial charge < -0.3 is 9.30 Å². The Balaban J connectivity index is 2.23. The Bertz CT molecular complexity index is 652. The van der Waals surface area contributed by atoms with Crippen LogP contribution in [0.2, 0.25) is 5.02 Å². The van der Waals surface area contributed by atoms with Crippen LogP contribution in [-0.2, 0) is 28.9 Å². The van der Waals surface area contributed by atoms with Gasteiger partial charge >= 0.3 is 5.97 Å². The smallest absolute Gasteiger partial charge is 0.305 e. The second kappa shape index (κ2) is 8.73. The standard InChI is InChI=1S/C18H23ClN2O2/c1-3-4-9-17-20-12-15(10-11-18(22)23-2)21(17)13-14-7-5-6-8-16(14)19/h5-8,12H,3-4,9-11,13H2,1-2H3. The molecule has 5 heteroatoms. The number of unbranched alkanes of at least 4 members (excludes halogenated alkanes) is 1. The number of benzene rings is 1. The van der Waals surface area contributed by atoms with Gasteiger partial charge in [0, 0.05) is 23.3 Å². The maximum absolute atomic E-state index is 11.4. The molecule has 4 nitrogen and oxygen atoms in total. The molecule has 0 spiro atoms. The zero-order valence-corrected chi connectivity index (χ0v) is 14.5. The fourth-order valence-corrected chi connectivity index (χ4v) is 2.71. The first-order valence-corrected chi connectivity index (χ1v) is 8.37. The number of rotatable bonds is 8. The van der Waals surface area contributed by atoms with Crippen LogP contribution < -0.4 is 0 Å². The topological polar surface area (TPSA) is 44.1 Å². The lowest BCUT2D eigenvalue weighted by molar-refractivity contribution is -0.140. The number of carbonyl (C=O) groups excluding carboxylic acids is 1. The minimum Gasteiger partial charge on any atom is -0.469 e. The zero-order valence-electron chi connectivity index (χ0n) is 13.7. The molecular formula is C18H23ClN2O2. The summed E-state index contributed by atoms with van der Waals surface area (Å²) in [4.78, 5) is 16.0. The van der Waals surface area contributed by atoms with E-state index >= 15 is 0 Å². The van der Waals surface area contributed by atoms with E-state index in [1.807, 2.05) is 30.5 Å². The van der Waals surface area contributed by atoms with E-state index in [-0.39, 0.29) is 5.97 Å². The van der Waals surface area contributed by atoms with Gasteiger partial charge in [-0.25, -0.2) is 4.98 Å².